The Morgan fingerprint density at radius 3 is 0.924 bits per heavy atom. The molecule has 0 fully saturated rings. The zero-order chi connectivity index (χ0) is 47.9. The smallest absolute Gasteiger partial charge is 0.306 e. The van der Waals surface area contributed by atoms with E-state index in [9.17, 15) is 14.4 Å². The predicted octanol–water partition coefficient (Wildman–Crippen LogP) is 18.6. The van der Waals surface area contributed by atoms with Crippen molar-refractivity contribution < 1.29 is 28.6 Å². The van der Waals surface area contributed by atoms with Crippen LogP contribution in [0.3, 0.4) is 0 Å². The highest BCUT2D eigenvalue weighted by molar-refractivity contribution is 5.71. The van der Waals surface area contributed by atoms with E-state index in [1.165, 1.54) is 128 Å². The van der Waals surface area contributed by atoms with Gasteiger partial charge in [-0.3, -0.25) is 14.4 Å². The number of ether oxygens (including phenoxy) is 3. The second kappa shape index (κ2) is 54.5. The molecule has 0 bridgehead atoms. The van der Waals surface area contributed by atoms with Gasteiger partial charge in [-0.1, -0.05) is 254 Å². The van der Waals surface area contributed by atoms with Crippen LogP contribution in [0.25, 0.3) is 0 Å². The SMILES string of the molecule is CC/C=C\C/C=C\C/C=C\C/C=C\C/C=C\C/C=C\CCCCCCCCC(=O)OCC(COC(=O)CCCCCCCCCCCCC)OC(=O)CCCCCCCCCCCCCC. The van der Waals surface area contributed by atoms with Crippen molar-refractivity contribution in [2.45, 2.75) is 277 Å². The zero-order valence-corrected chi connectivity index (χ0v) is 43.4. The predicted molar refractivity (Wildman–Crippen MR) is 284 cm³/mol. The molecule has 0 aliphatic heterocycles. The lowest BCUT2D eigenvalue weighted by atomic mass is 10.0. The highest BCUT2D eigenvalue weighted by Gasteiger charge is 2.19. The number of esters is 3. The fraction of sp³-hybridized carbons (Fsp3) is 0.750. The Hall–Kier alpha value is -3.15. The van der Waals surface area contributed by atoms with Crippen molar-refractivity contribution in [1.29, 1.82) is 0 Å². The number of rotatable bonds is 50. The Morgan fingerprint density at radius 1 is 0.318 bits per heavy atom. The Labute approximate surface area is 408 Å². The highest BCUT2D eigenvalue weighted by atomic mass is 16.6. The van der Waals surface area contributed by atoms with Crippen molar-refractivity contribution in [3.63, 3.8) is 0 Å². The second-order valence-corrected chi connectivity index (χ2v) is 18.5. The molecule has 6 heteroatoms. The Kier molecular flexibility index (Phi) is 51.9. The molecule has 6 nitrogen and oxygen atoms in total. The van der Waals surface area contributed by atoms with Crippen LogP contribution in [0.4, 0.5) is 0 Å². The molecule has 0 aromatic heterocycles. The van der Waals surface area contributed by atoms with Crippen LogP contribution < -0.4 is 0 Å². The van der Waals surface area contributed by atoms with Crippen molar-refractivity contribution in [3.8, 4) is 0 Å². The molecule has 0 aromatic rings. The summed E-state index contributed by atoms with van der Waals surface area (Å²) in [6.07, 6.45) is 68.9. The van der Waals surface area contributed by atoms with Gasteiger partial charge >= 0.3 is 17.9 Å². The molecular formula is C60H104O6. The minimum Gasteiger partial charge on any atom is -0.462 e. The van der Waals surface area contributed by atoms with Crippen molar-refractivity contribution in [2.75, 3.05) is 13.2 Å². The summed E-state index contributed by atoms with van der Waals surface area (Å²) in [6, 6.07) is 0. The van der Waals surface area contributed by atoms with E-state index in [0.29, 0.717) is 19.3 Å². The summed E-state index contributed by atoms with van der Waals surface area (Å²) < 4.78 is 16.8. The number of carbonyl (C=O) groups is 3. The van der Waals surface area contributed by atoms with E-state index >= 15 is 0 Å². The molecule has 1 unspecified atom stereocenters. The summed E-state index contributed by atoms with van der Waals surface area (Å²) in [5, 5.41) is 0. The first-order valence-corrected chi connectivity index (χ1v) is 27.9. The first-order valence-electron chi connectivity index (χ1n) is 27.9. The summed E-state index contributed by atoms with van der Waals surface area (Å²) in [5.74, 6) is -0.885. The standard InChI is InChI=1S/C60H104O6/c1-4-7-10-13-16-19-22-24-25-26-27-28-29-30-31-32-33-34-35-36-39-41-44-47-50-53-59(62)65-56-57(55-64-58(61)52-49-46-43-40-37-21-18-15-12-9-6-3)66-60(63)54-51-48-45-42-38-23-20-17-14-11-8-5-2/h7,10,16,19,24-25,27-28,30-31,33-34,57H,4-6,8-9,11-15,17-18,20-23,26,29,32,35-56H2,1-3H3/b10-7-,19-16-,25-24-,28-27-,31-30-,34-33-. The van der Waals surface area contributed by atoms with E-state index in [2.05, 4.69) is 93.7 Å². The van der Waals surface area contributed by atoms with Gasteiger partial charge in [0.25, 0.3) is 0 Å². The maximum atomic E-state index is 12.8. The Morgan fingerprint density at radius 2 is 0.591 bits per heavy atom. The van der Waals surface area contributed by atoms with Crippen LogP contribution in [-0.2, 0) is 28.6 Å². The van der Waals surface area contributed by atoms with Crippen LogP contribution in [0.1, 0.15) is 271 Å². The molecule has 0 saturated heterocycles. The maximum absolute atomic E-state index is 12.8. The average Bonchev–Trinajstić information content (AvgIpc) is 3.31. The van der Waals surface area contributed by atoms with Crippen LogP contribution in [0.15, 0.2) is 72.9 Å². The van der Waals surface area contributed by atoms with Gasteiger partial charge in [0.05, 0.1) is 0 Å². The van der Waals surface area contributed by atoms with Crippen LogP contribution in [0, 0.1) is 0 Å². The van der Waals surface area contributed by atoms with Gasteiger partial charge < -0.3 is 14.2 Å². The number of allylic oxidation sites excluding steroid dienone is 12. The summed E-state index contributed by atoms with van der Waals surface area (Å²) in [4.78, 5) is 38.0. The molecule has 0 saturated carbocycles. The number of hydrogen-bond acceptors (Lipinski definition) is 6. The Balaban J connectivity index is 4.29. The zero-order valence-electron chi connectivity index (χ0n) is 43.4. The quantitative estimate of drug-likeness (QED) is 0.0262. The fourth-order valence-corrected chi connectivity index (χ4v) is 7.80. The third-order valence-corrected chi connectivity index (χ3v) is 12.0. The topological polar surface area (TPSA) is 78.9 Å². The Bertz CT molecular complexity index is 1240. The summed E-state index contributed by atoms with van der Waals surface area (Å²) >= 11 is 0. The van der Waals surface area contributed by atoms with Gasteiger partial charge in [0.15, 0.2) is 6.10 Å². The molecule has 0 N–H and O–H groups in total. The molecule has 1 atom stereocenters. The van der Waals surface area contributed by atoms with E-state index in [0.717, 1.165) is 103 Å². The van der Waals surface area contributed by atoms with Crippen molar-refractivity contribution >= 4 is 17.9 Å². The third kappa shape index (κ3) is 51.8. The van der Waals surface area contributed by atoms with Gasteiger partial charge in [0, 0.05) is 19.3 Å². The minimum absolute atomic E-state index is 0.0765. The molecule has 0 amide bonds. The normalized spacial score (nSPS) is 12.6. The summed E-state index contributed by atoms with van der Waals surface area (Å²) in [5.41, 5.74) is 0. The number of unbranched alkanes of at least 4 members (excludes halogenated alkanes) is 27. The van der Waals surface area contributed by atoms with Gasteiger partial charge in [-0.2, -0.15) is 0 Å². The van der Waals surface area contributed by atoms with Crippen LogP contribution in [-0.4, -0.2) is 37.2 Å². The lowest BCUT2D eigenvalue weighted by molar-refractivity contribution is -0.167. The van der Waals surface area contributed by atoms with Gasteiger partial charge in [0.1, 0.15) is 13.2 Å². The summed E-state index contributed by atoms with van der Waals surface area (Å²) in [6.45, 7) is 6.51. The largest absolute Gasteiger partial charge is 0.462 e. The average molecular weight is 921 g/mol. The van der Waals surface area contributed by atoms with E-state index in [1.807, 2.05) is 0 Å². The number of carbonyl (C=O) groups excluding carboxylic acids is 3. The summed E-state index contributed by atoms with van der Waals surface area (Å²) in [7, 11) is 0. The molecule has 0 spiro atoms. The molecule has 0 aliphatic rings. The minimum atomic E-state index is -0.777. The van der Waals surface area contributed by atoms with E-state index in [-0.39, 0.29) is 31.1 Å². The molecule has 66 heavy (non-hydrogen) atoms. The van der Waals surface area contributed by atoms with Crippen LogP contribution in [0.5, 0.6) is 0 Å². The van der Waals surface area contributed by atoms with Crippen molar-refractivity contribution in [1.82, 2.24) is 0 Å². The molecule has 0 aliphatic carbocycles. The first kappa shape index (κ1) is 62.8. The lowest BCUT2D eigenvalue weighted by Crippen LogP contribution is -2.30. The van der Waals surface area contributed by atoms with Gasteiger partial charge in [-0.25, -0.2) is 0 Å². The monoisotopic (exact) mass is 921 g/mol. The van der Waals surface area contributed by atoms with Crippen LogP contribution >= 0.6 is 0 Å². The van der Waals surface area contributed by atoms with Crippen LogP contribution in [0.2, 0.25) is 0 Å². The molecule has 0 aromatic carbocycles. The van der Waals surface area contributed by atoms with Crippen molar-refractivity contribution in [3.05, 3.63) is 72.9 Å². The maximum Gasteiger partial charge on any atom is 0.306 e. The molecule has 0 rings (SSSR count). The molecule has 0 heterocycles. The number of hydrogen-bond donors (Lipinski definition) is 0. The van der Waals surface area contributed by atoms with Gasteiger partial charge in [-0.15, -0.1) is 0 Å². The lowest BCUT2D eigenvalue weighted by Gasteiger charge is -2.18. The van der Waals surface area contributed by atoms with E-state index < -0.39 is 6.10 Å². The molecule has 0 radical (unpaired) electrons. The second-order valence-electron chi connectivity index (χ2n) is 18.5. The van der Waals surface area contributed by atoms with Gasteiger partial charge in [0.2, 0.25) is 0 Å². The van der Waals surface area contributed by atoms with Crippen molar-refractivity contribution in [2.24, 2.45) is 0 Å². The fourth-order valence-electron chi connectivity index (χ4n) is 7.80. The van der Waals surface area contributed by atoms with Gasteiger partial charge in [-0.05, 0) is 70.6 Å². The third-order valence-electron chi connectivity index (χ3n) is 12.0. The van der Waals surface area contributed by atoms with E-state index in [4.69, 9.17) is 14.2 Å². The highest BCUT2D eigenvalue weighted by Crippen LogP contribution is 2.15. The van der Waals surface area contributed by atoms with E-state index in [1.54, 1.807) is 0 Å². The molecular weight excluding hydrogens is 817 g/mol. The first-order chi connectivity index (χ1) is 32.5. The molecule has 380 valence electrons.